The molecule has 1 aliphatic heterocycles. The third-order valence-corrected chi connectivity index (χ3v) is 7.77. The molecule has 0 saturated carbocycles. The van der Waals surface area contributed by atoms with E-state index in [1.54, 1.807) is 18.6 Å². The van der Waals surface area contributed by atoms with Crippen molar-refractivity contribution in [1.82, 2.24) is 4.57 Å². The summed E-state index contributed by atoms with van der Waals surface area (Å²) in [5, 5.41) is 0. The molecule has 0 fully saturated rings. The van der Waals surface area contributed by atoms with E-state index in [0.29, 0.717) is 38.7 Å². The number of fused-ring (bicyclic) bond motifs is 1. The number of nitrogens with zero attached hydrogens (tertiary/aromatic N) is 2. The number of ether oxygens (including phenoxy) is 2. The zero-order chi connectivity index (χ0) is 26.7. The minimum Gasteiger partial charge on any atom is -0.496 e. The molecule has 1 aliphatic rings. The summed E-state index contributed by atoms with van der Waals surface area (Å²) in [6.07, 6.45) is 3.24. The summed E-state index contributed by atoms with van der Waals surface area (Å²) < 4.78 is 14.0. The predicted octanol–water partition coefficient (Wildman–Crippen LogP) is 5.47. The van der Waals surface area contributed by atoms with Gasteiger partial charge in [0, 0.05) is 10.0 Å². The van der Waals surface area contributed by atoms with E-state index in [2.05, 4.69) is 41.9 Å². The molecule has 0 amide bonds. The number of benzene rings is 2. The van der Waals surface area contributed by atoms with E-state index in [1.807, 2.05) is 43.3 Å². The molecule has 2 heterocycles. The number of esters is 1. The maximum absolute atomic E-state index is 13.9. The molecule has 1 unspecified atom stereocenters. The van der Waals surface area contributed by atoms with Crippen molar-refractivity contribution in [3.63, 3.8) is 0 Å². The third-order valence-electron chi connectivity index (χ3n) is 6.29. The van der Waals surface area contributed by atoms with Gasteiger partial charge in [0.15, 0.2) is 4.80 Å². The van der Waals surface area contributed by atoms with Crippen LogP contribution in [-0.4, -0.2) is 24.3 Å². The van der Waals surface area contributed by atoms with Crippen molar-refractivity contribution in [2.24, 2.45) is 4.99 Å². The highest BCUT2D eigenvalue weighted by molar-refractivity contribution is 9.10. The minimum atomic E-state index is -0.621. The molecule has 37 heavy (non-hydrogen) atoms. The zero-order valence-electron chi connectivity index (χ0n) is 21.7. The number of allylic oxidation sites excluding steroid dienone is 1. The van der Waals surface area contributed by atoms with E-state index in [1.165, 1.54) is 16.9 Å². The molecule has 2 aromatic carbocycles. The fourth-order valence-electron chi connectivity index (χ4n) is 4.46. The number of carbonyl (C=O) groups is 1. The quantitative estimate of drug-likeness (QED) is 0.330. The molecule has 4 rings (SSSR count). The van der Waals surface area contributed by atoms with Crippen molar-refractivity contribution in [3.8, 4) is 5.75 Å². The molecule has 6 nitrogen and oxygen atoms in total. The smallest absolute Gasteiger partial charge is 0.338 e. The number of methoxy groups -OCH3 is 1. The summed E-state index contributed by atoms with van der Waals surface area (Å²) in [4.78, 5) is 32.6. The largest absolute Gasteiger partial charge is 0.496 e. The molecule has 194 valence electrons. The van der Waals surface area contributed by atoms with E-state index in [4.69, 9.17) is 14.5 Å². The first-order chi connectivity index (χ1) is 17.8. The topological polar surface area (TPSA) is 69.9 Å². The van der Waals surface area contributed by atoms with Gasteiger partial charge in [0.25, 0.3) is 5.56 Å². The summed E-state index contributed by atoms with van der Waals surface area (Å²) in [6, 6.07) is 13.2. The van der Waals surface area contributed by atoms with Crippen LogP contribution in [0.2, 0.25) is 0 Å². The minimum absolute atomic E-state index is 0.207. The van der Waals surface area contributed by atoms with Crippen LogP contribution in [0.15, 0.2) is 68.0 Å². The van der Waals surface area contributed by atoms with Crippen LogP contribution >= 0.6 is 27.3 Å². The Morgan fingerprint density at radius 1 is 1.19 bits per heavy atom. The Bertz CT molecular complexity index is 1520. The molecular formula is C29H31BrN2O4S. The fraction of sp³-hybridized carbons (Fsp3) is 0.345. The van der Waals surface area contributed by atoms with E-state index in [9.17, 15) is 9.59 Å². The second-order valence-corrected chi connectivity index (χ2v) is 11.0. The molecule has 1 aromatic heterocycles. The van der Waals surface area contributed by atoms with Crippen LogP contribution < -0.4 is 19.6 Å². The van der Waals surface area contributed by atoms with Gasteiger partial charge in [-0.2, -0.15) is 0 Å². The van der Waals surface area contributed by atoms with Crippen LogP contribution in [0.4, 0.5) is 0 Å². The summed E-state index contributed by atoms with van der Waals surface area (Å²) >= 11 is 4.82. The first kappa shape index (κ1) is 27.1. The van der Waals surface area contributed by atoms with Crippen molar-refractivity contribution < 1.29 is 14.3 Å². The van der Waals surface area contributed by atoms with Gasteiger partial charge in [-0.05, 0) is 54.7 Å². The van der Waals surface area contributed by atoms with Crippen molar-refractivity contribution >= 4 is 39.3 Å². The molecule has 0 saturated heterocycles. The zero-order valence-corrected chi connectivity index (χ0v) is 24.1. The van der Waals surface area contributed by atoms with Crippen molar-refractivity contribution in [1.29, 1.82) is 0 Å². The lowest BCUT2D eigenvalue weighted by Crippen LogP contribution is -2.40. The van der Waals surface area contributed by atoms with Gasteiger partial charge in [0.1, 0.15) is 5.75 Å². The summed E-state index contributed by atoms with van der Waals surface area (Å²) in [5.74, 6) is 0.594. The van der Waals surface area contributed by atoms with E-state index in [-0.39, 0.29) is 12.2 Å². The number of hydrogen-bond acceptors (Lipinski definition) is 6. The Balaban J connectivity index is 2.00. The lowest BCUT2D eigenvalue weighted by atomic mass is 9.92. The summed E-state index contributed by atoms with van der Waals surface area (Å²) in [5.41, 5.74) is 3.71. The number of thiazole rings is 1. The van der Waals surface area contributed by atoms with Gasteiger partial charge < -0.3 is 9.47 Å². The Kier molecular flexibility index (Phi) is 8.49. The number of hydrogen-bond donors (Lipinski definition) is 0. The highest BCUT2D eigenvalue weighted by Gasteiger charge is 2.34. The van der Waals surface area contributed by atoms with Gasteiger partial charge in [0.05, 0.1) is 35.6 Å². The first-order valence-corrected chi connectivity index (χ1v) is 14.0. The van der Waals surface area contributed by atoms with Gasteiger partial charge >= 0.3 is 5.97 Å². The molecule has 0 bridgehead atoms. The summed E-state index contributed by atoms with van der Waals surface area (Å²) in [6.45, 7) is 8.35. The number of aromatic nitrogens is 1. The standard InChI is InChI=1S/C29H31BrN2O4S/c1-6-8-22-25(28(34)36-7-2)26(19-11-9-18(10-12-19)17(3)4)32-27(33)24(37-29(32)31-22)16-20-15-21(30)13-14-23(20)35-5/h9-17,26H,6-8H2,1-5H3/b24-16-. The van der Waals surface area contributed by atoms with Gasteiger partial charge in [-0.3, -0.25) is 9.36 Å². The second-order valence-electron chi connectivity index (χ2n) is 9.12. The Morgan fingerprint density at radius 2 is 1.92 bits per heavy atom. The average Bonchev–Trinajstić information content (AvgIpc) is 3.18. The number of rotatable bonds is 8. The van der Waals surface area contributed by atoms with Crippen LogP contribution in [0.1, 0.15) is 69.2 Å². The lowest BCUT2D eigenvalue weighted by molar-refractivity contribution is -0.139. The third kappa shape index (κ3) is 5.50. The van der Waals surface area contributed by atoms with Gasteiger partial charge in [-0.1, -0.05) is 78.7 Å². The Hall–Kier alpha value is -2.97. The molecule has 0 aliphatic carbocycles. The van der Waals surface area contributed by atoms with Crippen molar-refractivity contribution in [2.75, 3.05) is 13.7 Å². The Labute approximate surface area is 229 Å². The first-order valence-electron chi connectivity index (χ1n) is 12.4. The van der Waals surface area contributed by atoms with Gasteiger partial charge in [0.2, 0.25) is 0 Å². The molecule has 0 spiro atoms. The highest BCUT2D eigenvalue weighted by Crippen LogP contribution is 2.33. The van der Waals surface area contributed by atoms with E-state index in [0.717, 1.165) is 22.0 Å². The molecular weight excluding hydrogens is 552 g/mol. The SMILES string of the molecule is CCCC1=C(C(=O)OCC)C(c2ccc(C(C)C)cc2)n2c(s/c(=C\c3cc(Br)ccc3OC)c2=O)=N1. The monoisotopic (exact) mass is 582 g/mol. The van der Waals surface area contributed by atoms with Crippen LogP contribution in [-0.2, 0) is 9.53 Å². The molecule has 3 aromatic rings. The van der Waals surface area contributed by atoms with Gasteiger partial charge in [-0.15, -0.1) is 0 Å². The maximum atomic E-state index is 13.9. The van der Waals surface area contributed by atoms with Crippen LogP contribution in [0.25, 0.3) is 6.08 Å². The van der Waals surface area contributed by atoms with Crippen LogP contribution in [0, 0.1) is 0 Å². The molecule has 0 N–H and O–H groups in total. The van der Waals surface area contributed by atoms with Crippen molar-refractivity contribution in [2.45, 2.75) is 52.5 Å². The molecule has 1 atom stereocenters. The normalized spacial score (nSPS) is 15.5. The lowest BCUT2D eigenvalue weighted by Gasteiger charge is -2.26. The van der Waals surface area contributed by atoms with E-state index < -0.39 is 12.0 Å². The predicted molar refractivity (Wildman–Crippen MR) is 151 cm³/mol. The van der Waals surface area contributed by atoms with Crippen LogP contribution in [0.3, 0.4) is 0 Å². The molecule has 8 heteroatoms. The maximum Gasteiger partial charge on any atom is 0.338 e. The number of halogens is 1. The second kappa shape index (κ2) is 11.6. The fourth-order valence-corrected chi connectivity index (χ4v) is 5.85. The average molecular weight is 584 g/mol. The highest BCUT2D eigenvalue weighted by atomic mass is 79.9. The van der Waals surface area contributed by atoms with Crippen LogP contribution in [0.5, 0.6) is 5.75 Å². The summed E-state index contributed by atoms with van der Waals surface area (Å²) in [7, 11) is 1.60. The van der Waals surface area contributed by atoms with E-state index >= 15 is 0 Å². The van der Waals surface area contributed by atoms with Gasteiger partial charge in [-0.25, -0.2) is 9.79 Å². The van der Waals surface area contributed by atoms with Crippen molar-refractivity contribution in [3.05, 3.63) is 94.6 Å². The number of carbonyl (C=O) groups excluding carboxylic acids is 1. The molecule has 0 radical (unpaired) electrons. The Morgan fingerprint density at radius 3 is 2.54 bits per heavy atom.